The topological polar surface area (TPSA) is 69.6 Å². The summed E-state index contributed by atoms with van der Waals surface area (Å²) in [5.74, 6) is 0.961. The molecule has 0 radical (unpaired) electrons. The minimum absolute atomic E-state index is 0.214. The number of hydrogen-bond donors (Lipinski definition) is 1. The number of aliphatic imine (C=N–C) groups is 1. The van der Waals surface area contributed by atoms with Crippen LogP contribution in [0, 0.1) is 0 Å². The maximum Gasteiger partial charge on any atom is 0.410 e. The van der Waals surface area contributed by atoms with Gasteiger partial charge in [-0.2, -0.15) is 0 Å². The first-order valence-electron chi connectivity index (χ1n) is 11.2. The molecule has 1 N–H and O–H groups in total. The monoisotopic (exact) mass is 409 g/mol. The van der Waals surface area contributed by atoms with E-state index in [1.165, 1.54) is 0 Å². The third-order valence-electron chi connectivity index (χ3n) is 5.58. The number of nitrogens with one attached hydrogen (secondary N) is 1. The van der Waals surface area contributed by atoms with Crippen LogP contribution in [0.5, 0.6) is 0 Å². The van der Waals surface area contributed by atoms with Crippen molar-refractivity contribution < 1.29 is 14.3 Å². The summed E-state index contributed by atoms with van der Waals surface area (Å²) < 4.78 is 11.1. The number of morpholine rings is 1. The van der Waals surface area contributed by atoms with Crippen molar-refractivity contribution in [3.63, 3.8) is 0 Å². The Bertz CT molecular complexity index is 567. The molecular formula is C21H39N5O3. The highest BCUT2D eigenvalue weighted by Gasteiger charge is 2.35. The summed E-state index contributed by atoms with van der Waals surface area (Å²) in [5, 5.41) is 3.43. The van der Waals surface area contributed by atoms with Crippen molar-refractivity contribution in [1.29, 1.82) is 0 Å². The van der Waals surface area contributed by atoms with E-state index in [0.717, 1.165) is 71.2 Å². The van der Waals surface area contributed by atoms with E-state index in [-0.39, 0.29) is 6.09 Å². The molecule has 1 aliphatic carbocycles. The molecule has 0 spiro atoms. The lowest BCUT2D eigenvalue weighted by atomic mass is 10.2. The van der Waals surface area contributed by atoms with Gasteiger partial charge in [0.2, 0.25) is 0 Å². The average molecular weight is 410 g/mol. The van der Waals surface area contributed by atoms with Crippen LogP contribution in [0.25, 0.3) is 0 Å². The molecule has 0 aromatic rings. The van der Waals surface area contributed by atoms with Gasteiger partial charge >= 0.3 is 6.09 Å². The van der Waals surface area contributed by atoms with Crippen molar-refractivity contribution in [3.05, 3.63) is 0 Å². The van der Waals surface area contributed by atoms with E-state index in [2.05, 4.69) is 22.0 Å². The van der Waals surface area contributed by atoms with E-state index >= 15 is 0 Å². The molecule has 0 aromatic heterocycles. The van der Waals surface area contributed by atoms with Crippen molar-refractivity contribution >= 4 is 12.1 Å². The SMILES string of the molecule is CCNC(=NCCN(C(=O)OC(C)(C)C)C1CC1)N1CCC(N2CCOCC2)C1. The quantitative estimate of drug-likeness (QED) is 0.533. The summed E-state index contributed by atoms with van der Waals surface area (Å²) in [6.45, 7) is 15.6. The Hall–Kier alpha value is -1.54. The van der Waals surface area contributed by atoms with E-state index < -0.39 is 5.60 Å². The van der Waals surface area contributed by atoms with Crippen molar-refractivity contribution in [2.24, 2.45) is 4.99 Å². The zero-order chi connectivity index (χ0) is 20.9. The molecule has 0 bridgehead atoms. The largest absolute Gasteiger partial charge is 0.444 e. The van der Waals surface area contributed by atoms with Gasteiger partial charge in [0.05, 0.1) is 19.8 Å². The number of nitrogens with zero attached hydrogens (tertiary/aromatic N) is 4. The number of rotatable bonds is 6. The zero-order valence-electron chi connectivity index (χ0n) is 18.7. The average Bonchev–Trinajstić information content (AvgIpc) is 3.38. The summed E-state index contributed by atoms with van der Waals surface area (Å²) in [7, 11) is 0. The minimum atomic E-state index is -0.466. The molecule has 3 aliphatic rings. The molecule has 3 rings (SSSR count). The van der Waals surface area contributed by atoms with Crippen LogP contribution in [0.2, 0.25) is 0 Å². The first kappa shape index (κ1) is 22.2. The maximum absolute atomic E-state index is 12.5. The van der Waals surface area contributed by atoms with Gasteiger partial charge in [-0.05, 0) is 47.0 Å². The van der Waals surface area contributed by atoms with Gasteiger partial charge in [0.25, 0.3) is 0 Å². The second-order valence-electron chi connectivity index (χ2n) is 9.18. The fourth-order valence-electron chi connectivity index (χ4n) is 3.99. The molecule has 3 fully saturated rings. The molecule has 1 saturated carbocycles. The summed E-state index contributed by atoms with van der Waals surface area (Å²) in [4.78, 5) is 24.1. The summed E-state index contributed by atoms with van der Waals surface area (Å²) in [6.07, 6.45) is 3.08. The van der Waals surface area contributed by atoms with Crippen LogP contribution in [0.3, 0.4) is 0 Å². The van der Waals surface area contributed by atoms with Crippen LogP contribution in [0.1, 0.15) is 47.0 Å². The summed E-state index contributed by atoms with van der Waals surface area (Å²) >= 11 is 0. The molecule has 1 amide bonds. The number of amides is 1. The van der Waals surface area contributed by atoms with Crippen LogP contribution < -0.4 is 5.32 Å². The normalized spacial score (nSPS) is 23.9. The smallest absolute Gasteiger partial charge is 0.410 e. The molecule has 2 aliphatic heterocycles. The number of likely N-dealkylation sites (tertiary alicyclic amines) is 1. The van der Waals surface area contributed by atoms with Gasteiger partial charge in [0.15, 0.2) is 5.96 Å². The lowest BCUT2D eigenvalue weighted by Crippen LogP contribution is -2.47. The Kier molecular flexibility index (Phi) is 7.62. The Morgan fingerprint density at radius 3 is 2.55 bits per heavy atom. The standard InChI is InChI=1S/C21H39N5O3/c1-5-22-19(25-10-8-18(16-25)24-12-14-28-15-13-24)23-9-11-26(17-6-7-17)20(27)29-21(2,3)4/h17-18H,5-16H2,1-4H3,(H,22,23). The van der Waals surface area contributed by atoms with Crippen LogP contribution in [0.4, 0.5) is 4.79 Å². The second kappa shape index (κ2) is 9.98. The van der Waals surface area contributed by atoms with E-state index in [0.29, 0.717) is 25.2 Å². The third kappa shape index (κ3) is 6.74. The third-order valence-corrected chi connectivity index (χ3v) is 5.58. The Morgan fingerprint density at radius 2 is 1.93 bits per heavy atom. The lowest BCUT2D eigenvalue weighted by molar-refractivity contribution is 0.0194. The molecule has 0 aromatic carbocycles. The number of hydrogen-bond acceptors (Lipinski definition) is 5. The van der Waals surface area contributed by atoms with Gasteiger partial charge in [0, 0.05) is 51.4 Å². The summed E-state index contributed by atoms with van der Waals surface area (Å²) in [5.41, 5.74) is -0.466. The van der Waals surface area contributed by atoms with Gasteiger partial charge in [-0.3, -0.25) is 9.89 Å². The van der Waals surface area contributed by atoms with Crippen molar-refractivity contribution in [1.82, 2.24) is 20.0 Å². The number of ether oxygens (including phenoxy) is 2. The van der Waals surface area contributed by atoms with E-state index in [1.807, 2.05) is 25.7 Å². The van der Waals surface area contributed by atoms with Crippen LogP contribution >= 0.6 is 0 Å². The minimum Gasteiger partial charge on any atom is -0.444 e. The first-order valence-corrected chi connectivity index (χ1v) is 11.2. The van der Waals surface area contributed by atoms with Crippen molar-refractivity contribution in [2.75, 3.05) is 59.0 Å². The van der Waals surface area contributed by atoms with Gasteiger partial charge in [-0.15, -0.1) is 0 Å². The van der Waals surface area contributed by atoms with Gasteiger partial charge < -0.3 is 24.6 Å². The highest BCUT2D eigenvalue weighted by atomic mass is 16.6. The molecule has 2 heterocycles. The number of carbonyl (C=O) groups excluding carboxylic acids is 1. The fraction of sp³-hybridized carbons (Fsp3) is 0.905. The van der Waals surface area contributed by atoms with E-state index in [1.54, 1.807) is 0 Å². The molecule has 2 saturated heterocycles. The molecule has 29 heavy (non-hydrogen) atoms. The number of guanidine groups is 1. The van der Waals surface area contributed by atoms with Gasteiger partial charge in [-0.1, -0.05) is 0 Å². The second-order valence-corrected chi connectivity index (χ2v) is 9.18. The predicted molar refractivity (Wildman–Crippen MR) is 114 cm³/mol. The first-order chi connectivity index (χ1) is 13.9. The number of carbonyl (C=O) groups is 1. The Labute approximate surface area is 175 Å². The van der Waals surface area contributed by atoms with E-state index in [4.69, 9.17) is 14.5 Å². The molecule has 8 nitrogen and oxygen atoms in total. The lowest BCUT2D eigenvalue weighted by Gasteiger charge is -2.32. The molecule has 166 valence electrons. The molecule has 8 heteroatoms. The Morgan fingerprint density at radius 1 is 1.21 bits per heavy atom. The highest BCUT2D eigenvalue weighted by Crippen LogP contribution is 2.28. The highest BCUT2D eigenvalue weighted by molar-refractivity contribution is 5.80. The van der Waals surface area contributed by atoms with Gasteiger partial charge in [0.1, 0.15) is 5.60 Å². The predicted octanol–water partition coefficient (Wildman–Crippen LogP) is 1.76. The maximum atomic E-state index is 12.5. The van der Waals surface area contributed by atoms with Crippen LogP contribution in [-0.4, -0.2) is 103 Å². The van der Waals surface area contributed by atoms with Crippen LogP contribution in [0.15, 0.2) is 4.99 Å². The van der Waals surface area contributed by atoms with Crippen molar-refractivity contribution in [2.45, 2.75) is 64.6 Å². The van der Waals surface area contributed by atoms with Crippen molar-refractivity contribution in [3.8, 4) is 0 Å². The fourth-order valence-corrected chi connectivity index (χ4v) is 3.99. The van der Waals surface area contributed by atoms with Crippen LogP contribution in [-0.2, 0) is 9.47 Å². The van der Waals surface area contributed by atoms with Gasteiger partial charge in [-0.25, -0.2) is 4.79 Å². The molecular weight excluding hydrogens is 370 g/mol. The Balaban J connectivity index is 1.53. The van der Waals surface area contributed by atoms with E-state index in [9.17, 15) is 4.79 Å². The zero-order valence-corrected chi connectivity index (χ0v) is 18.7. The summed E-state index contributed by atoms with van der Waals surface area (Å²) in [6, 6.07) is 0.896. The molecule has 1 atom stereocenters. The molecule has 1 unspecified atom stereocenters.